The Kier molecular flexibility index (Phi) is 8.03. The number of fused-ring (bicyclic) bond motifs is 1. The second-order valence-corrected chi connectivity index (χ2v) is 9.32. The van der Waals surface area contributed by atoms with Crippen molar-refractivity contribution in [2.75, 3.05) is 33.9 Å². The first kappa shape index (κ1) is 26.1. The standard InChI is InChI=1S/C28H32N4O5/c1-18-15-32(19(2)17-33)28(35)23-13-21(22-7-5-6-8-24(22)36-4)14-30-26(23)37-25(18)16-31(3)27(34)20-9-11-29-12-10-20/h5-14,18-19,25,33H,15-17H2,1-4H3/t18-,19-,25+/m0/s1. The number of aliphatic hydroxyl groups is 1. The second kappa shape index (κ2) is 11.4. The van der Waals surface area contributed by atoms with Crippen molar-refractivity contribution in [3.8, 4) is 22.8 Å². The molecule has 0 saturated carbocycles. The van der Waals surface area contributed by atoms with Crippen LogP contribution in [0.25, 0.3) is 11.1 Å². The number of aliphatic hydroxyl groups excluding tert-OH is 1. The van der Waals surface area contributed by atoms with E-state index in [9.17, 15) is 14.7 Å². The van der Waals surface area contributed by atoms with E-state index in [0.29, 0.717) is 29.0 Å². The number of hydrogen-bond acceptors (Lipinski definition) is 7. The van der Waals surface area contributed by atoms with Crippen LogP contribution in [0, 0.1) is 5.92 Å². The molecule has 0 aliphatic carbocycles. The first-order chi connectivity index (χ1) is 17.8. The number of methoxy groups -OCH3 is 1. The lowest BCUT2D eigenvalue weighted by molar-refractivity contribution is 0.0313. The molecular formula is C28H32N4O5. The summed E-state index contributed by atoms with van der Waals surface area (Å²) in [6.45, 7) is 4.22. The van der Waals surface area contributed by atoms with Crippen LogP contribution < -0.4 is 9.47 Å². The molecule has 2 amide bonds. The fourth-order valence-corrected chi connectivity index (χ4v) is 4.42. The summed E-state index contributed by atoms with van der Waals surface area (Å²) in [6, 6.07) is 12.2. The normalized spacial score (nSPS) is 18.2. The number of benzene rings is 1. The second-order valence-electron chi connectivity index (χ2n) is 9.32. The van der Waals surface area contributed by atoms with Gasteiger partial charge in [0.15, 0.2) is 0 Å². The van der Waals surface area contributed by atoms with Crippen molar-refractivity contribution < 1.29 is 24.2 Å². The molecule has 0 fully saturated rings. The number of pyridine rings is 2. The average molecular weight is 505 g/mol. The van der Waals surface area contributed by atoms with E-state index in [-0.39, 0.29) is 36.8 Å². The van der Waals surface area contributed by atoms with Gasteiger partial charge in [0, 0.05) is 54.8 Å². The third-order valence-corrected chi connectivity index (χ3v) is 6.67. The zero-order chi connectivity index (χ0) is 26.5. The van der Waals surface area contributed by atoms with Gasteiger partial charge in [0.1, 0.15) is 17.4 Å². The van der Waals surface area contributed by atoms with Crippen LogP contribution in [0.2, 0.25) is 0 Å². The number of carbonyl (C=O) groups is 2. The molecule has 9 heteroatoms. The predicted octanol–water partition coefficient (Wildman–Crippen LogP) is 3.14. The molecule has 0 radical (unpaired) electrons. The van der Waals surface area contributed by atoms with Crippen molar-refractivity contribution in [2.45, 2.75) is 26.0 Å². The van der Waals surface area contributed by atoms with Gasteiger partial charge in [-0.15, -0.1) is 0 Å². The van der Waals surface area contributed by atoms with Crippen LogP contribution >= 0.6 is 0 Å². The molecule has 1 aromatic carbocycles. The Labute approximate surface area is 216 Å². The maximum absolute atomic E-state index is 13.7. The van der Waals surface area contributed by atoms with Crippen molar-refractivity contribution >= 4 is 11.8 Å². The van der Waals surface area contributed by atoms with Gasteiger partial charge in [-0.3, -0.25) is 14.6 Å². The number of carbonyl (C=O) groups excluding carboxylic acids is 2. The van der Waals surface area contributed by atoms with Crippen molar-refractivity contribution in [3.05, 3.63) is 72.2 Å². The smallest absolute Gasteiger partial charge is 0.259 e. The number of para-hydroxylation sites is 1. The van der Waals surface area contributed by atoms with E-state index in [1.54, 1.807) is 67.7 Å². The lowest BCUT2D eigenvalue weighted by Gasteiger charge is -2.37. The average Bonchev–Trinajstić information content (AvgIpc) is 2.94. The van der Waals surface area contributed by atoms with E-state index in [1.807, 2.05) is 31.2 Å². The first-order valence-electron chi connectivity index (χ1n) is 12.2. The molecule has 0 saturated heterocycles. The van der Waals surface area contributed by atoms with Gasteiger partial charge in [-0.25, -0.2) is 4.98 Å². The van der Waals surface area contributed by atoms with Gasteiger partial charge in [-0.1, -0.05) is 25.1 Å². The molecule has 0 spiro atoms. The molecular weight excluding hydrogens is 472 g/mol. The zero-order valence-electron chi connectivity index (χ0n) is 21.5. The van der Waals surface area contributed by atoms with Crippen LogP contribution in [0.3, 0.4) is 0 Å². The Bertz CT molecular complexity index is 1250. The predicted molar refractivity (Wildman–Crippen MR) is 139 cm³/mol. The summed E-state index contributed by atoms with van der Waals surface area (Å²) in [5.74, 6) is 0.283. The van der Waals surface area contributed by atoms with Crippen molar-refractivity contribution in [1.29, 1.82) is 0 Å². The minimum atomic E-state index is -0.444. The first-order valence-corrected chi connectivity index (χ1v) is 12.2. The molecule has 2 aromatic heterocycles. The summed E-state index contributed by atoms with van der Waals surface area (Å²) in [6.07, 6.45) is 4.37. The van der Waals surface area contributed by atoms with E-state index in [1.165, 1.54) is 0 Å². The number of rotatable bonds is 7. The molecule has 3 aromatic rings. The largest absolute Gasteiger partial charge is 0.496 e. The Morgan fingerprint density at radius 2 is 1.97 bits per heavy atom. The van der Waals surface area contributed by atoms with E-state index in [2.05, 4.69) is 9.97 Å². The minimum absolute atomic E-state index is 0.144. The van der Waals surface area contributed by atoms with Crippen molar-refractivity contribution in [3.63, 3.8) is 0 Å². The Morgan fingerprint density at radius 3 is 2.68 bits per heavy atom. The van der Waals surface area contributed by atoms with Gasteiger partial charge >= 0.3 is 0 Å². The number of nitrogens with zero attached hydrogens (tertiary/aromatic N) is 4. The highest BCUT2D eigenvalue weighted by molar-refractivity contribution is 5.98. The molecule has 37 heavy (non-hydrogen) atoms. The molecule has 1 N–H and O–H groups in total. The molecule has 0 unspecified atom stereocenters. The summed E-state index contributed by atoms with van der Waals surface area (Å²) in [4.78, 5) is 38.4. The van der Waals surface area contributed by atoms with Crippen LogP contribution in [-0.4, -0.2) is 82.7 Å². The Morgan fingerprint density at radius 1 is 1.24 bits per heavy atom. The third kappa shape index (κ3) is 5.56. The van der Waals surface area contributed by atoms with Gasteiger partial charge in [-0.05, 0) is 31.2 Å². The topological polar surface area (TPSA) is 105 Å². The minimum Gasteiger partial charge on any atom is -0.496 e. The molecule has 1 aliphatic heterocycles. The van der Waals surface area contributed by atoms with Gasteiger partial charge in [-0.2, -0.15) is 0 Å². The van der Waals surface area contributed by atoms with E-state index in [0.717, 1.165) is 5.56 Å². The summed E-state index contributed by atoms with van der Waals surface area (Å²) in [5, 5.41) is 9.90. The molecule has 194 valence electrons. The summed E-state index contributed by atoms with van der Waals surface area (Å²) < 4.78 is 11.8. The van der Waals surface area contributed by atoms with Gasteiger partial charge < -0.3 is 24.4 Å². The lowest BCUT2D eigenvalue weighted by atomic mass is 9.98. The van der Waals surface area contributed by atoms with Crippen molar-refractivity contribution in [1.82, 2.24) is 19.8 Å². The third-order valence-electron chi connectivity index (χ3n) is 6.67. The highest BCUT2D eigenvalue weighted by Gasteiger charge is 2.35. The Hall–Kier alpha value is -3.98. The fraction of sp³-hybridized carbons (Fsp3) is 0.357. The number of hydrogen-bond donors (Lipinski definition) is 1. The zero-order valence-corrected chi connectivity index (χ0v) is 21.5. The summed E-state index contributed by atoms with van der Waals surface area (Å²) in [5.41, 5.74) is 2.33. The van der Waals surface area contributed by atoms with Gasteiger partial charge in [0.25, 0.3) is 11.8 Å². The van der Waals surface area contributed by atoms with E-state index < -0.39 is 12.1 Å². The number of ether oxygens (including phenoxy) is 2. The molecule has 4 rings (SSSR count). The van der Waals surface area contributed by atoms with E-state index in [4.69, 9.17) is 9.47 Å². The molecule has 9 nitrogen and oxygen atoms in total. The molecule has 1 aliphatic rings. The number of aromatic nitrogens is 2. The molecule has 3 atom stereocenters. The SMILES string of the molecule is COc1ccccc1-c1cnc2c(c1)C(=O)N([C@@H](C)CO)C[C@H](C)[C@@H](CN(C)C(=O)c1ccncc1)O2. The monoisotopic (exact) mass is 504 g/mol. The summed E-state index contributed by atoms with van der Waals surface area (Å²) >= 11 is 0. The maximum Gasteiger partial charge on any atom is 0.259 e. The van der Waals surface area contributed by atoms with E-state index >= 15 is 0 Å². The highest BCUT2D eigenvalue weighted by atomic mass is 16.5. The molecule has 0 bridgehead atoms. The van der Waals surface area contributed by atoms with Crippen LogP contribution in [0.5, 0.6) is 11.6 Å². The Balaban J connectivity index is 1.71. The number of amides is 2. The van der Waals surface area contributed by atoms with Gasteiger partial charge in [0.2, 0.25) is 5.88 Å². The van der Waals surface area contributed by atoms with Crippen LogP contribution in [0.15, 0.2) is 61.1 Å². The molecule has 3 heterocycles. The highest BCUT2D eigenvalue weighted by Crippen LogP contribution is 2.34. The fourth-order valence-electron chi connectivity index (χ4n) is 4.42. The quantitative estimate of drug-likeness (QED) is 0.527. The van der Waals surface area contributed by atoms with Crippen LogP contribution in [0.1, 0.15) is 34.6 Å². The van der Waals surface area contributed by atoms with Gasteiger partial charge in [0.05, 0.1) is 26.3 Å². The summed E-state index contributed by atoms with van der Waals surface area (Å²) in [7, 11) is 3.31. The lowest BCUT2D eigenvalue weighted by Crippen LogP contribution is -2.50. The number of likely N-dealkylation sites (N-methyl/N-ethyl adjacent to an activating group) is 1. The van der Waals surface area contributed by atoms with Crippen LogP contribution in [0.4, 0.5) is 0 Å². The van der Waals surface area contributed by atoms with Crippen molar-refractivity contribution in [2.24, 2.45) is 5.92 Å². The van der Waals surface area contributed by atoms with Crippen LogP contribution in [-0.2, 0) is 0 Å². The maximum atomic E-state index is 13.7.